The maximum Gasteiger partial charge on any atom is 0.317 e. The van der Waals surface area contributed by atoms with Crippen LogP contribution in [0, 0.1) is 0 Å². The van der Waals surface area contributed by atoms with Gasteiger partial charge in [0.15, 0.2) is 0 Å². The zero-order chi connectivity index (χ0) is 9.72. The van der Waals surface area contributed by atoms with Crippen molar-refractivity contribution < 1.29 is 9.59 Å². The summed E-state index contributed by atoms with van der Waals surface area (Å²) in [5.41, 5.74) is 4.95. The van der Waals surface area contributed by atoms with Gasteiger partial charge in [0.1, 0.15) is 6.04 Å². The second-order valence-electron chi connectivity index (χ2n) is 2.59. The largest absolute Gasteiger partial charge is 0.368 e. The van der Waals surface area contributed by atoms with Crippen molar-refractivity contribution in [1.82, 2.24) is 10.2 Å². The Kier molecular flexibility index (Phi) is 4.10. The Hall–Kier alpha value is -1.26. The fourth-order valence-corrected chi connectivity index (χ4v) is 0.510. The second-order valence-corrected chi connectivity index (χ2v) is 2.59. The van der Waals surface area contributed by atoms with Crippen molar-refractivity contribution >= 4 is 11.9 Å². The van der Waals surface area contributed by atoms with Crippen molar-refractivity contribution in [3.63, 3.8) is 0 Å². The Morgan fingerprint density at radius 1 is 1.58 bits per heavy atom. The monoisotopic (exact) mass is 173 g/mol. The Balaban J connectivity index is 3.92. The van der Waals surface area contributed by atoms with E-state index in [1.165, 1.54) is 4.90 Å². The molecular formula is C7H15N3O2. The molecule has 0 aromatic heterocycles. The molecule has 0 heterocycles. The maximum atomic E-state index is 11.1. The van der Waals surface area contributed by atoms with Gasteiger partial charge in [0, 0.05) is 13.6 Å². The summed E-state index contributed by atoms with van der Waals surface area (Å²) in [5.74, 6) is -0.534. The molecule has 0 radical (unpaired) electrons. The maximum absolute atomic E-state index is 11.1. The Bertz CT molecular complexity index is 181. The van der Waals surface area contributed by atoms with Crippen molar-refractivity contribution in [3.8, 4) is 0 Å². The summed E-state index contributed by atoms with van der Waals surface area (Å²) in [6.45, 7) is 3.98. The summed E-state index contributed by atoms with van der Waals surface area (Å²) in [6.07, 6.45) is 0. The fraction of sp³-hybridized carbons (Fsp3) is 0.714. The van der Waals surface area contributed by atoms with Gasteiger partial charge in [-0.1, -0.05) is 0 Å². The van der Waals surface area contributed by atoms with Crippen LogP contribution in [0.1, 0.15) is 13.8 Å². The predicted octanol–water partition coefficient (Wildman–Crippen LogP) is -0.478. The molecule has 0 aromatic rings. The predicted molar refractivity (Wildman–Crippen MR) is 45.5 cm³/mol. The summed E-state index contributed by atoms with van der Waals surface area (Å²) in [5, 5.41) is 2.44. The number of primary amides is 1. The molecule has 12 heavy (non-hydrogen) atoms. The molecule has 0 fully saturated rings. The van der Waals surface area contributed by atoms with Crippen molar-refractivity contribution in [2.24, 2.45) is 5.73 Å². The number of nitrogens with one attached hydrogen (secondary N) is 1. The molecular weight excluding hydrogens is 158 g/mol. The van der Waals surface area contributed by atoms with Gasteiger partial charge >= 0.3 is 6.03 Å². The third-order valence-corrected chi connectivity index (χ3v) is 1.59. The van der Waals surface area contributed by atoms with Crippen LogP contribution in [0.15, 0.2) is 0 Å². The zero-order valence-corrected chi connectivity index (χ0v) is 7.63. The summed E-state index contributed by atoms with van der Waals surface area (Å²) in [4.78, 5) is 23.1. The van der Waals surface area contributed by atoms with E-state index in [0.717, 1.165) is 0 Å². The van der Waals surface area contributed by atoms with E-state index in [1.807, 2.05) is 6.92 Å². The first-order valence-electron chi connectivity index (χ1n) is 3.80. The van der Waals surface area contributed by atoms with Crippen LogP contribution in [0.5, 0.6) is 0 Å². The number of rotatable bonds is 3. The number of urea groups is 1. The van der Waals surface area contributed by atoms with Crippen LogP contribution in [0.4, 0.5) is 4.79 Å². The van der Waals surface area contributed by atoms with Gasteiger partial charge in [-0.3, -0.25) is 4.79 Å². The minimum atomic E-state index is -0.619. The van der Waals surface area contributed by atoms with Crippen LogP contribution in [-0.2, 0) is 4.79 Å². The number of carbonyl (C=O) groups is 2. The average molecular weight is 173 g/mol. The number of nitrogens with zero attached hydrogens (tertiary/aromatic N) is 1. The molecule has 0 saturated heterocycles. The molecule has 0 saturated carbocycles. The van der Waals surface area contributed by atoms with E-state index in [1.54, 1.807) is 14.0 Å². The van der Waals surface area contributed by atoms with E-state index in [-0.39, 0.29) is 6.03 Å². The molecule has 0 spiro atoms. The van der Waals surface area contributed by atoms with Gasteiger partial charge in [0.05, 0.1) is 0 Å². The Labute approximate surface area is 71.9 Å². The van der Waals surface area contributed by atoms with Gasteiger partial charge in [0.2, 0.25) is 5.91 Å². The van der Waals surface area contributed by atoms with Crippen molar-refractivity contribution in [2.45, 2.75) is 19.9 Å². The summed E-state index contributed by atoms with van der Waals surface area (Å²) in [7, 11) is 1.64. The average Bonchev–Trinajstić information content (AvgIpc) is 2.02. The SMILES string of the molecule is CCN(C)C(=O)NC(C)C(N)=O. The van der Waals surface area contributed by atoms with Crippen LogP contribution in [0.3, 0.4) is 0 Å². The third kappa shape index (κ3) is 3.23. The zero-order valence-electron chi connectivity index (χ0n) is 7.63. The van der Waals surface area contributed by atoms with Crippen molar-refractivity contribution in [3.05, 3.63) is 0 Å². The van der Waals surface area contributed by atoms with E-state index in [9.17, 15) is 9.59 Å². The molecule has 0 aliphatic carbocycles. The van der Waals surface area contributed by atoms with Crippen LogP contribution < -0.4 is 11.1 Å². The van der Waals surface area contributed by atoms with Gasteiger partial charge < -0.3 is 16.0 Å². The molecule has 3 amide bonds. The molecule has 0 rings (SSSR count). The first-order chi connectivity index (χ1) is 5.49. The van der Waals surface area contributed by atoms with Gasteiger partial charge in [-0.15, -0.1) is 0 Å². The highest BCUT2D eigenvalue weighted by atomic mass is 16.2. The number of amides is 3. The lowest BCUT2D eigenvalue weighted by Crippen LogP contribution is -2.47. The van der Waals surface area contributed by atoms with Crippen molar-refractivity contribution in [1.29, 1.82) is 0 Å². The van der Waals surface area contributed by atoms with E-state index in [2.05, 4.69) is 5.32 Å². The second kappa shape index (κ2) is 4.58. The lowest BCUT2D eigenvalue weighted by Gasteiger charge is -2.17. The minimum absolute atomic E-state index is 0.288. The molecule has 0 bridgehead atoms. The molecule has 3 N–H and O–H groups in total. The molecule has 70 valence electrons. The van der Waals surface area contributed by atoms with E-state index < -0.39 is 11.9 Å². The summed E-state index contributed by atoms with van der Waals surface area (Å²) in [6, 6.07) is -0.907. The first-order valence-corrected chi connectivity index (χ1v) is 3.80. The third-order valence-electron chi connectivity index (χ3n) is 1.59. The number of hydrogen-bond donors (Lipinski definition) is 2. The number of nitrogens with two attached hydrogens (primary N) is 1. The van der Waals surface area contributed by atoms with E-state index >= 15 is 0 Å². The van der Waals surface area contributed by atoms with Crippen LogP contribution >= 0.6 is 0 Å². The van der Waals surface area contributed by atoms with Crippen LogP contribution in [-0.4, -0.2) is 36.5 Å². The molecule has 0 aliphatic heterocycles. The lowest BCUT2D eigenvalue weighted by molar-refractivity contribution is -0.119. The fourth-order valence-electron chi connectivity index (χ4n) is 0.510. The highest BCUT2D eigenvalue weighted by Crippen LogP contribution is 1.85. The first kappa shape index (κ1) is 10.7. The van der Waals surface area contributed by atoms with Gasteiger partial charge in [0.25, 0.3) is 0 Å². The molecule has 0 aliphatic rings. The quantitative estimate of drug-likeness (QED) is 0.605. The van der Waals surface area contributed by atoms with Gasteiger partial charge in [-0.25, -0.2) is 4.79 Å². The topological polar surface area (TPSA) is 75.4 Å². The summed E-state index contributed by atoms with van der Waals surface area (Å²) < 4.78 is 0. The molecule has 1 unspecified atom stereocenters. The van der Waals surface area contributed by atoms with Crippen LogP contribution in [0.2, 0.25) is 0 Å². The van der Waals surface area contributed by atoms with E-state index in [4.69, 9.17) is 5.73 Å². The van der Waals surface area contributed by atoms with E-state index in [0.29, 0.717) is 6.54 Å². The number of hydrogen-bond acceptors (Lipinski definition) is 2. The standard InChI is InChI=1S/C7H15N3O2/c1-4-10(3)7(12)9-5(2)6(8)11/h5H,4H2,1-3H3,(H2,8,11)(H,9,12). The molecule has 0 aromatic carbocycles. The molecule has 1 atom stereocenters. The van der Waals surface area contributed by atoms with Crippen LogP contribution in [0.25, 0.3) is 0 Å². The Morgan fingerprint density at radius 2 is 2.08 bits per heavy atom. The van der Waals surface area contributed by atoms with Gasteiger partial charge in [-0.2, -0.15) is 0 Å². The summed E-state index contributed by atoms with van der Waals surface area (Å²) >= 11 is 0. The minimum Gasteiger partial charge on any atom is -0.368 e. The normalized spacial score (nSPS) is 11.9. The lowest BCUT2D eigenvalue weighted by atomic mass is 10.3. The Morgan fingerprint density at radius 3 is 2.42 bits per heavy atom. The molecule has 5 nitrogen and oxygen atoms in total. The highest BCUT2D eigenvalue weighted by Gasteiger charge is 2.13. The van der Waals surface area contributed by atoms with Crippen molar-refractivity contribution in [2.75, 3.05) is 13.6 Å². The highest BCUT2D eigenvalue weighted by molar-refractivity contribution is 5.85. The smallest absolute Gasteiger partial charge is 0.317 e. The number of carbonyl (C=O) groups excluding carboxylic acids is 2. The molecule has 5 heteroatoms. The van der Waals surface area contributed by atoms with Gasteiger partial charge in [-0.05, 0) is 13.8 Å².